The molecule has 3 N–H and O–H groups in total. The Kier molecular flexibility index (Phi) is 7.46. The summed E-state index contributed by atoms with van der Waals surface area (Å²) >= 11 is 2.50. The van der Waals surface area contributed by atoms with E-state index in [1.54, 1.807) is 5.38 Å². The summed E-state index contributed by atoms with van der Waals surface area (Å²) in [5.74, 6) is -2.25. The minimum absolute atomic E-state index is 0.134. The Morgan fingerprint density at radius 3 is 2.80 bits per heavy atom. The maximum atomic E-state index is 12.9. The number of carbonyl (C=O) groups excluding carboxylic acids is 3. The number of nitrogens with one attached hydrogen (secondary N) is 1. The smallest absolute Gasteiger partial charge is 0.276 e. The predicted octanol–water partition coefficient (Wildman–Crippen LogP) is -0.586. The summed E-state index contributed by atoms with van der Waals surface area (Å²) in [5, 5.41) is 19.5. The minimum atomic E-state index is -1.42. The van der Waals surface area contributed by atoms with Gasteiger partial charge in [0.1, 0.15) is 24.2 Å². The number of fused-ring (bicyclic) bond motifs is 1. The van der Waals surface area contributed by atoms with Crippen molar-refractivity contribution in [2.75, 3.05) is 18.6 Å². The molecule has 1 fully saturated rings. The molecule has 11 nitrogen and oxygen atoms in total. The van der Waals surface area contributed by atoms with E-state index in [0.717, 1.165) is 11.3 Å². The van der Waals surface area contributed by atoms with Gasteiger partial charge in [-0.15, -0.1) is 23.1 Å². The number of thiazole rings is 1. The van der Waals surface area contributed by atoms with E-state index in [0.29, 0.717) is 24.3 Å². The van der Waals surface area contributed by atoms with Crippen LogP contribution in [0.1, 0.15) is 12.1 Å². The Morgan fingerprint density at radius 2 is 2.14 bits per heavy atom. The number of pyridine rings is 1. The number of rotatable bonds is 9. The molecule has 0 unspecified atom stereocenters. The summed E-state index contributed by atoms with van der Waals surface area (Å²) in [4.78, 5) is 47.5. The van der Waals surface area contributed by atoms with E-state index in [2.05, 4.69) is 15.5 Å². The normalized spacial score (nSPS) is 20.0. The van der Waals surface area contributed by atoms with Crippen LogP contribution in [-0.2, 0) is 25.8 Å². The molecule has 0 bridgehead atoms. The number of carbonyl (C=O) groups is 3. The molecule has 2 aromatic heterocycles. The van der Waals surface area contributed by atoms with Crippen LogP contribution in [0, 0.1) is 0 Å². The molecular formula is C22H22N6O5S2. The number of hydrogen-bond donors (Lipinski definition) is 2. The zero-order valence-corrected chi connectivity index (χ0v) is 20.3. The number of carboxylic acids is 1. The van der Waals surface area contributed by atoms with Crippen LogP contribution >= 0.6 is 23.1 Å². The lowest BCUT2D eigenvalue weighted by molar-refractivity contribution is -0.687. The lowest BCUT2D eigenvalue weighted by Crippen LogP contribution is -2.71. The highest BCUT2D eigenvalue weighted by Crippen LogP contribution is 2.41. The number of anilines is 1. The van der Waals surface area contributed by atoms with Crippen LogP contribution in [0.15, 0.2) is 64.6 Å². The summed E-state index contributed by atoms with van der Waals surface area (Å²) in [7, 11) is 1.28. The first-order valence-electron chi connectivity index (χ1n) is 10.5. The lowest BCUT2D eigenvalue weighted by atomic mass is 10.0. The van der Waals surface area contributed by atoms with Crippen molar-refractivity contribution in [3.63, 3.8) is 0 Å². The van der Waals surface area contributed by atoms with Gasteiger partial charge < -0.3 is 25.8 Å². The van der Waals surface area contributed by atoms with Gasteiger partial charge in [0.05, 0.1) is 11.7 Å². The topological polar surface area (TPSA) is 154 Å². The molecule has 0 aromatic carbocycles. The second-order valence-corrected chi connectivity index (χ2v) is 9.54. The molecule has 2 atom stereocenters. The molecule has 4 heterocycles. The molecule has 13 heteroatoms. The van der Waals surface area contributed by atoms with Gasteiger partial charge in [0.15, 0.2) is 29.8 Å². The average Bonchev–Trinajstić information content (AvgIpc) is 3.29. The molecule has 0 radical (unpaired) electrons. The molecule has 0 spiro atoms. The summed E-state index contributed by atoms with van der Waals surface area (Å²) in [6.07, 6.45) is 8.02. The quantitative estimate of drug-likeness (QED) is 0.148. The number of hydrogen-bond acceptors (Lipinski definition) is 10. The van der Waals surface area contributed by atoms with Crippen molar-refractivity contribution in [2.45, 2.75) is 24.4 Å². The Hall–Kier alpha value is -3.71. The van der Waals surface area contributed by atoms with E-state index in [4.69, 9.17) is 10.6 Å². The largest absolute Gasteiger partial charge is 0.543 e. The van der Waals surface area contributed by atoms with Gasteiger partial charge in [-0.2, -0.15) is 0 Å². The van der Waals surface area contributed by atoms with Crippen LogP contribution in [0.5, 0.6) is 0 Å². The van der Waals surface area contributed by atoms with Crippen LogP contribution in [0.2, 0.25) is 0 Å². The van der Waals surface area contributed by atoms with Crippen LogP contribution in [0.25, 0.3) is 0 Å². The minimum Gasteiger partial charge on any atom is -0.543 e. The first-order chi connectivity index (χ1) is 16.9. The predicted molar refractivity (Wildman–Crippen MR) is 128 cm³/mol. The second-order valence-electron chi connectivity index (χ2n) is 7.54. The van der Waals surface area contributed by atoms with E-state index in [9.17, 15) is 19.5 Å². The molecule has 0 aliphatic carbocycles. The summed E-state index contributed by atoms with van der Waals surface area (Å²) < 4.78 is 1.98. The maximum Gasteiger partial charge on any atom is 0.276 e. The highest BCUT2D eigenvalue weighted by molar-refractivity contribution is 8.00. The first kappa shape index (κ1) is 24.4. The third-order valence-electron chi connectivity index (χ3n) is 5.31. The fourth-order valence-corrected chi connectivity index (χ4v) is 5.62. The maximum absolute atomic E-state index is 12.9. The number of allylic oxidation sites excluding steroid dienone is 2. The number of nitrogens with two attached hydrogens (primary N) is 1. The number of oxime groups is 1. The zero-order chi connectivity index (χ0) is 24.9. The van der Waals surface area contributed by atoms with Crippen LogP contribution in [-0.4, -0.2) is 57.7 Å². The number of thioether (sulfide) groups is 1. The molecular weight excluding hydrogens is 492 g/mol. The summed E-state index contributed by atoms with van der Waals surface area (Å²) in [6, 6.07) is 4.84. The third-order valence-corrected chi connectivity index (χ3v) is 7.33. The van der Waals surface area contributed by atoms with Crippen molar-refractivity contribution in [1.82, 2.24) is 15.2 Å². The van der Waals surface area contributed by atoms with Gasteiger partial charge in [0.25, 0.3) is 11.8 Å². The van der Waals surface area contributed by atoms with Crippen molar-refractivity contribution in [3.8, 4) is 0 Å². The molecule has 2 aliphatic rings. The highest BCUT2D eigenvalue weighted by atomic mass is 32.2. The van der Waals surface area contributed by atoms with E-state index >= 15 is 0 Å². The second kappa shape index (κ2) is 10.7. The number of β-lactam (4-membered cyclic amide) rings is 1. The van der Waals surface area contributed by atoms with Gasteiger partial charge in [-0.3, -0.25) is 14.5 Å². The van der Waals surface area contributed by atoms with Crippen LogP contribution < -0.4 is 20.7 Å². The number of amides is 2. The van der Waals surface area contributed by atoms with Gasteiger partial charge >= 0.3 is 0 Å². The van der Waals surface area contributed by atoms with Crippen molar-refractivity contribution >= 4 is 51.7 Å². The Labute approximate surface area is 209 Å². The van der Waals surface area contributed by atoms with Gasteiger partial charge in [0.2, 0.25) is 0 Å². The fraction of sp³-hybridized carbons (Fsp3) is 0.273. The lowest BCUT2D eigenvalue weighted by Gasteiger charge is -2.50. The van der Waals surface area contributed by atoms with E-state index in [1.165, 1.54) is 23.8 Å². The molecule has 4 rings (SSSR count). The standard InChI is InChI=1S/C22H22N6O5S2/c1-33-26-15(14-12-35-22(23)24-14)18(29)25-16-19(30)28-17(21(31)32)13(11-34-20(16)28)7-3-6-10-27-8-4-2-5-9-27/h2-6,8-9,12,16,20H,7,10-11H2,1H3,(H3-,23,24,25,29,31,32)/b6-3+,26-15-/t16-,20-/m1/s1. The molecule has 2 aromatic rings. The van der Waals surface area contributed by atoms with Gasteiger partial charge in [0, 0.05) is 23.3 Å². The zero-order valence-electron chi connectivity index (χ0n) is 18.6. The Balaban J connectivity index is 1.44. The van der Waals surface area contributed by atoms with Crippen molar-refractivity contribution in [3.05, 3.63) is 65.1 Å². The molecule has 182 valence electrons. The number of aliphatic carboxylic acids is 1. The summed E-state index contributed by atoms with van der Waals surface area (Å²) in [6.45, 7) is 0.636. The van der Waals surface area contributed by atoms with Crippen molar-refractivity contribution in [1.29, 1.82) is 0 Å². The van der Waals surface area contributed by atoms with Gasteiger partial charge in [-0.05, 0) is 18.1 Å². The molecule has 1 saturated heterocycles. The van der Waals surface area contributed by atoms with Gasteiger partial charge in [-0.25, -0.2) is 9.55 Å². The fourth-order valence-electron chi connectivity index (χ4n) is 3.71. The Morgan fingerprint density at radius 1 is 1.37 bits per heavy atom. The SMILES string of the molecule is CO/N=C(\C(=O)N[C@@H]1C(=O)N2C(C(=O)[O-])=C(C/C=C/C[n+]3ccccc3)CS[C@H]12)c1csc(N)n1. The average molecular weight is 515 g/mol. The van der Waals surface area contributed by atoms with E-state index in [1.807, 2.05) is 47.3 Å². The molecule has 2 aliphatic heterocycles. The summed E-state index contributed by atoms with van der Waals surface area (Å²) in [5.41, 5.74) is 6.15. The number of nitrogen functional groups attached to an aromatic ring is 1. The highest BCUT2D eigenvalue weighted by Gasteiger charge is 2.53. The van der Waals surface area contributed by atoms with Crippen LogP contribution in [0.3, 0.4) is 0 Å². The van der Waals surface area contributed by atoms with E-state index in [-0.39, 0.29) is 22.2 Å². The molecule has 2 amide bonds. The van der Waals surface area contributed by atoms with Gasteiger partial charge in [-0.1, -0.05) is 17.3 Å². The number of carboxylic acid groups (broad SMARTS) is 1. The van der Waals surface area contributed by atoms with Crippen LogP contribution in [0.4, 0.5) is 5.13 Å². The Bertz CT molecular complexity index is 1230. The van der Waals surface area contributed by atoms with Crippen molar-refractivity contribution < 1.29 is 28.9 Å². The third kappa shape index (κ3) is 5.20. The van der Waals surface area contributed by atoms with Crippen molar-refractivity contribution in [2.24, 2.45) is 5.16 Å². The number of nitrogens with zero attached hydrogens (tertiary/aromatic N) is 4. The molecule has 0 saturated carbocycles. The monoisotopic (exact) mass is 514 g/mol. The first-order valence-corrected chi connectivity index (χ1v) is 12.4. The number of aromatic nitrogens is 2. The van der Waals surface area contributed by atoms with E-state index < -0.39 is 29.2 Å². The molecule has 35 heavy (non-hydrogen) atoms.